The summed E-state index contributed by atoms with van der Waals surface area (Å²) in [6.07, 6.45) is 1.29. The largest absolute Gasteiger partial charge is 0.325 e. The molecule has 0 spiro atoms. The van der Waals surface area contributed by atoms with Crippen LogP contribution in [0, 0.1) is 0 Å². The van der Waals surface area contributed by atoms with Crippen LogP contribution in [0.2, 0.25) is 0 Å². The minimum absolute atomic E-state index is 0. The van der Waals surface area contributed by atoms with Gasteiger partial charge >= 0.3 is 13.4 Å². The van der Waals surface area contributed by atoms with Crippen LogP contribution in [0.1, 0.15) is 49.0 Å². The van der Waals surface area contributed by atoms with Gasteiger partial charge in [-0.1, -0.05) is 42.5 Å². The summed E-state index contributed by atoms with van der Waals surface area (Å²) in [7, 11) is 0. The molecule has 20 heavy (non-hydrogen) atoms. The highest BCUT2D eigenvalue weighted by Crippen LogP contribution is 2.27. The maximum atomic E-state index is 7.56. The molecule has 0 amide bonds. The van der Waals surface area contributed by atoms with Gasteiger partial charge in [-0.3, -0.25) is 0 Å². The first-order valence-corrected chi connectivity index (χ1v) is 11.1. The second-order valence-corrected chi connectivity index (χ2v) is 10.4. The topological polar surface area (TPSA) is 121 Å². The van der Waals surface area contributed by atoms with Crippen molar-refractivity contribution in [2.45, 2.75) is 59.5 Å². The molecule has 0 aliphatic rings. The van der Waals surface area contributed by atoms with E-state index >= 15 is 0 Å². The molecular weight excluding hydrogens is 362 g/mol. The Balaban J connectivity index is -0.0000000558. The molecule has 0 heterocycles. The Hall–Kier alpha value is 1.41. The van der Waals surface area contributed by atoms with Crippen molar-refractivity contribution < 1.29 is 29.4 Å². The summed E-state index contributed by atoms with van der Waals surface area (Å²) < 4.78 is 0. The van der Waals surface area contributed by atoms with Gasteiger partial charge in [-0.05, 0) is 35.3 Å². The van der Waals surface area contributed by atoms with Gasteiger partial charge in [0, 0.05) is 5.25 Å². The summed E-state index contributed by atoms with van der Waals surface area (Å²) in [6.45, 7) is 1.40. The van der Waals surface area contributed by atoms with Gasteiger partial charge in [0.2, 0.25) is 0 Å². The number of rotatable bonds is 3. The van der Waals surface area contributed by atoms with Gasteiger partial charge in [0.1, 0.15) is 0 Å². The lowest BCUT2D eigenvalue weighted by atomic mass is 10.4. The third kappa shape index (κ3) is 120. The highest BCUT2D eigenvalue weighted by atomic mass is 32.5. The quantitative estimate of drug-likeness (QED) is 0.402. The maximum Gasteiger partial charge on any atom is 0.319 e. The molecule has 0 saturated heterocycles. The number of hydrogen-bond donors (Lipinski definition) is 6. The zero-order chi connectivity index (χ0) is 15.6. The Kier molecular flexibility index (Phi) is 27.8. The van der Waals surface area contributed by atoms with Crippen LogP contribution >= 0.6 is 25.2 Å². The standard InChI is InChI=1S/C7H16S.2CH4.2H3O3PS/c1-5-7(4)8-6(2)3;;;2*1-4(2,3)5/h6-7H,5H2,1-4H3;2*1H4;2*(H3,1,2,3,5). The highest BCUT2D eigenvalue weighted by molar-refractivity contribution is 8.06. The van der Waals surface area contributed by atoms with Gasteiger partial charge < -0.3 is 29.4 Å². The van der Waals surface area contributed by atoms with E-state index in [0.29, 0.717) is 0 Å². The van der Waals surface area contributed by atoms with E-state index in [1.807, 2.05) is 0 Å². The molecule has 0 aliphatic carbocycles. The Morgan fingerprint density at radius 2 is 1.05 bits per heavy atom. The minimum Gasteiger partial charge on any atom is -0.325 e. The Morgan fingerprint density at radius 1 is 0.850 bits per heavy atom. The predicted octanol–water partition coefficient (Wildman–Crippen LogP) is 2.57. The van der Waals surface area contributed by atoms with Gasteiger partial charge in [0.15, 0.2) is 0 Å². The van der Waals surface area contributed by atoms with Crippen LogP contribution in [0.5, 0.6) is 0 Å². The lowest BCUT2D eigenvalue weighted by Gasteiger charge is -2.09. The second kappa shape index (κ2) is 16.8. The normalized spacial score (nSPS) is 11.8. The van der Waals surface area contributed by atoms with Crippen molar-refractivity contribution in [2.24, 2.45) is 0 Å². The zero-order valence-electron chi connectivity index (χ0n) is 10.7. The maximum absolute atomic E-state index is 7.56. The van der Waals surface area contributed by atoms with Crippen LogP contribution in [0.4, 0.5) is 0 Å². The molecule has 0 fully saturated rings. The summed E-state index contributed by atoms with van der Waals surface area (Å²) >= 11 is 9.26. The van der Waals surface area contributed by atoms with Gasteiger partial charge in [0.25, 0.3) is 0 Å². The van der Waals surface area contributed by atoms with E-state index in [4.69, 9.17) is 29.4 Å². The third-order valence-electron chi connectivity index (χ3n) is 1.08. The summed E-state index contributed by atoms with van der Waals surface area (Å²) in [5.74, 6) is 0. The smallest absolute Gasteiger partial charge is 0.319 e. The van der Waals surface area contributed by atoms with Crippen molar-refractivity contribution in [3.8, 4) is 0 Å². The van der Waals surface area contributed by atoms with Crippen molar-refractivity contribution in [1.29, 1.82) is 0 Å². The molecule has 0 aromatic carbocycles. The number of hydrogen-bond acceptors (Lipinski definition) is 3. The van der Waals surface area contributed by atoms with E-state index in [1.165, 1.54) is 6.42 Å². The van der Waals surface area contributed by atoms with Gasteiger partial charge in [-0.25, -0.2) is 0 Å². The van der Waals surface area contributed by atoms with Crippen LogP contribution in [-0.2, 0) is 23.6 Å². The fourth-order valence-electron chi connectivity index (χ4n) is 0.561. The van der Waals surface area contributed by atoms with Crippen LogP contribution in [0.25, 0.3) is 0 Å². The van der Waals surface area contributed by atoms with Crippen molar-refractivity contribution in [1.82, 2.24) is 0 Å². The summed E-state index contributed by atoms with van der Waals surface area (Å²) in [4.78, 5) is 45.3. The monoisotopic (exact) mass is 392 g/mol. The van der Waals surface area contributed by atoms with E-state index in [0.717, 1.165) is 10.5 Å². The van der Waals surface area contributed by atoms with Crippen molar-refractivity contribution in [3.05, 3.63) is 0 Å². The first-order valence-electron chi connectivity index (χ1n) is 4.88. The van der Waals surface area contributed by atoms with Crippen LogP contribution < -0.4 is 0 Å². The molecule has 0 radical (unpaired) electrons. The Bertz CT molecular complexity index is 242. The van der Waals surface area contributed by atoms with Crippen LogP contribution in [0.3, 0.4) is 0 Å². The molecule has 6 nitrogen and oxygen atoms in total. The molecule has 1 unspecified atom stereocenters. The Morgan fingerprint density at radius 3 is 1.10 bits per heavy atom. The summed E-state index contributed by atoms with van der Waals surface area (Å²) in [5, 5.41) is 1.64. The number of thioether (sulfide) groups is 1. The van der Waals surface area contributed by atoms with E-state index in [-0.39, 0.29) is 14.9 Å². The van der Waals surface area contributed by atoms with E-state index in [2.05, 4.69) is 63.1 Å². The van der Waals surface area contributed by atoms with Crippen LogP contribution in [0.15, 0.2) is 0 Å². The first-order chi connectivity index (χ1) is 7.66. The van der Waals surface area contributed by atoms with Gasteiger partial charge in [0.05, 0.1) is 0 Å². The average molecular weight is 392 g/mol. The lowest BCUT2D eigenvalue weighted by Crippen LogP contribution is -1.98. The summed E-state index contributed by atoms with van der Waals surface area (Å²) in [5.41, 5.74) is 0. The molecule has 0 aliphatic heterocycles. The molecule has 0 bridgehead atoms. The molecule has 1 atom stereocenters. The average Bonchev–Trinajstić information content (AvgIpc) is 1.96. The highest BCUT2D eigenvalue weighted by Gasteiger charge is 2.00. The molecule has 130 valence electrons. The minimum atomic E-state index is -3.81. The molecule has 0 aromatic heterocycles. The van der Waals surface area contributed by atoms with Gasteiger partial charge in [-0.15, -0.1) is 0 Å². The second-order valence-electron chi connectivity index (χ2n) is 3.43. The van der Waals surface area contributed by atoms with Crippen molar-refractivity contribution in [3.63, 3.8) is 0 Å². The SMILES string of the molecule is C.C.CCC(C)SC(C)C.OP(O)(O)=S.OP(O)(O)=S. The molecule has 11 heteroatoms. The third-order valence-corrected chi connectivity index (χ3v) is 2.42. The lowest BCUT2D eigenvalue weighted by molar-refractivity contribution is 0.361. The molecule has 0 rings (SSSR count). The fourth-order valence-corrected chi connectivity index (χ4v) is 1.68. The summed E-state index contributed by atoms with van der Waals surface area (Å²) in [6, 6.07) is 0. The van der Waals surface area contributed by atoms with Gasteiger partial charge in [-0.2, -0.15) is 11.8 Å². The Labute approximate surface area is 137 Å². The van der Waals surface area contributed by atoms with Crippen molar-refractivity contribution in [2.75, 3.05) is 0 Å². The van der Waals surface area contributed by atoms with Crippen LogP contribution in [-0.4, -0.2) is 39.9 Å². The molecule has 6 N–H and O–H groups in total. The van der Waals surface area contributed by atoms with Crippen molar-refractivity contribution >= 4 is 48.8 Å². The zero-order valence-corrected chi connectivity index (χ0v) is 14.9. The van der Waals surface area contributed by atoms with E-state index < -0.39 is 13.4 Å². The van der Waals surface area contributed by atoms with E-state index in [1.54, 1.807) is 0 Å². The fraction of sp³-hybridized carbons (Fsp3) is 1.00. The molecule has 0 aromatic rings. The molecule has 0 saturated carbocycles. The first kappa shape index (κ1) is 33.1. The molecular formula is C9H30O6P2S3. The predicted molar refractivity (Wildman–Crippen MR) is 97.8 cm³/mol. The van der Waals surface area contributed by atoms with E-state index in [9.17, 15) is 0 Å².